The fourth-order valence-corrected chi connectivity index (χ4v) is 1.73. The number of aliphatic hydroxyl groups is 1. The van der Waals surface area contributed by atoms with Crippen molar-refractivity contribution in [3.8, 4) is 0 Å². The highest BCUT2D eigenvalue weighted by Crippen LogP contribution is 2.04. The van der Waals surface area contributed by atoms with Crippen LogP contribution in [-0.4, -0.2) is 45.6 Å². The molecule has 0 aromatic carbocycles. The van der Waals surface area contributed by atoms with Crippen molar-refractivity contribution < 1.29 is 9.90 Å². The summed E-state index contributed by atoms with van der Waals surface area (Å²) in [5.74, 6) is -0.211. The molecule has 1 amide bonds. The molecule has 0 radical (unpaired) electrons. The average Bonchev–Trinajstić information content (AvgIpc) is 2.42. The molecule has 6 nitrogen and oxygen atoms in total. The van der Waals surface area contributed by atoms with E-state index in [2.05, 4.69) is 16.9 Å². The zero-order chi connectivity index (χ0) is 14.1. The Morgan fingerprint density at radius 3 is 2.68 bits per heavy atom. The van der Waals surface area contributed by atoms with Gasteiger partial charge in [-0.05, 0) is 19.3 Å². The minimum absolute atomic E-state index is 0.125. The van der Waals surface area contributed by atoms with Gasteiger partial charge < -0.3 is 15.0 Å². The molecule has 0 aliphatic carbocycles. The maximum absolute atomic E-state index is 12.3. The van der Waals surface area contributed by atoms with Gasteiger partial charge in [-0.1, -0.05) is 13.3 Å². The van der Waals surface area contributed by atoms with Crippen molar-refractivity contribution in [2.45, 2.75) is 32.6 Å². The monoisotopic (exact) mass is 267 g/mol. The molecular formula is C13H21N3O3. The molecule has 0 saturated heterocycles. The molecule has 0 saturated carbocycles. The summed E-state index contributed by atoms with van der Waals surface area (Å²) in [6.07, 6.45) is 5.83. The van der Waals surface area contributed by atoms with Gasteiger partial charge >= 0.3 is 0 Å². The molecule has 0 bridgehead atoms. The molecule has 0 fully saturated rings. The summed E-state index contributed by atoms with van der Waals surface area (Å²) in [4.78, 5) is 31.3. The number of hydrogen-bond acceptors (Lipinski definition) is 4. The number of aromatic amines is 1. The highest BCUT2D eigenvalue weighted by Gasteiger charge is 2.15. The predicted molar refractivity (Wildman–Crippen MR) is 72.0 cm³/mol. The van der Waals surface area contributed by atoms with E-state index < -0.39 is 0 Å². The lowest BCUT2D eigenvalue weighted by Gasteiger charge is -2.22. The van der Waals surface area contributed by atoms with Crippen LogP contribution in [0.15, 0.2) is 17.2 Å². The number of H-pyrrole nitrogens is 1. The third-order valence-corrected chi connectivity index (χ3v) is 2.79. The van der Waals surface area contributed by atoms with E-state index in [0.29, 0.717) is 19.5 Å². The van der Waals surface area contributed by atoms with Crippen LogP contribution in [0.1, 0.15) is 43.1 Å². The Balaban J connectivity index is 2.72. The summed E-state index contributed by atoms with van der Waals surface area (Å²) < 4.78 is 0. The Hall–Kier alpha value is -1.69. The fraction of sp³-hybridized carbons (Fsp3) is 0.615. The number of aliphatic hydroxyl groups excluding tert-OH is 1. The van der Waals surface area contributed by atoms with Crippen molar-refractivity contribution in [3.05, 3.63) is 28.4 Å². The molecule has 0 atom stereocenters. The number of carbonyl (C=O) groups excluding carboxylic acids is 1. The number of aromatic nitrogens is 2. The summed E-state index contributed by atoms with van der Waals surface area (Å²) in [5.41, 5.74) is -0.163. The number of carbonyl (C=O) groups is 1. The van der Waals surface area contributed by atoms with Crippen LogP contribution in [0.4, 0.5) is 0 Å². The fourth-order valence-electron chi connectivity index (χ4n) is 1.73. The molecule has 0 unspecified atom stereocenters. The van der Waals surface area contributed by atoms with Gasteiger partial charge in [0.05, 0.1) is 12.4 Å². The number of amides is 1. The van der Waals surface area contributed by atoms with Gasteiger partial charge in [0.25, 0.3) is 11.5 Å². The SMILES string of the molecule is CCCCN(CCCCO)C(=O)c1cncc(=O)[nH]1. The second-order valence-electron chi connectivity index (χ2n) is 4.39. The number of nitrogens with one attached hydrogen (secondary N) is 1. The lowest BCUT2D eigenvalue weighted by Crippen LogP contribution is -2.34. The Labute approximate surface area is 112 Å². The molecule has 1 aromatic heterocycles. The normalized spacial score (nSPS) is 10.4. The van der Waals surface area contributed by atoms with Crippen molar-refractivity contribution >= 4 is 5.91 Å². The zero-order valence-electron chi connectivity index (χ0n) is 11.3. The Kier molecular flexibility index (Phi) is 6.81. The smallest absolute Gasteiger partial charge is 0.271 e. The second kappa shape index (κ2) is 8.42. The summed E-state index contributed by atoms with van der Waals surface area (Å²) >= 11 is 0. The van der Waals surface area contributed by atoms with E-state index in [-0.39, 0.29) is 23.8 Å². The van der Waals surface area contributed by atoms with Crippen LogP contribution in [0, 0.1) is 0 Å². The van der Waals surface area contributed by atoms with Crippen molar-refractivity contribution in [2.24, 2.45) is 0 Å². The Morgan fingerprint density at radius 1 is 1.32 bits per heavy atom. The van der Waals surface area contributed by atoms with E-state index in [0.717, 1.165) is 25.5 Å². The van der Waals surface area contributed by atoms with Gasteiger partial charge in [-0.3, -0.25) is 14.6 Å². The quantitative estimate of drug-likeness (QED) is 0.682. The molecule has 1 heterocycles. The summed E-state index contributed by atoms with van der Waals surface area (Å²) in [7, 11) is 0. The topological polar surface area (TPSA) is 86.3 Å². The molecule has 19 heavy (non-hydrogen) atoms. The van der Waals surface area contributed by atoms with Gasteiger partial charge in [0.1, 0.15) is 5.69 Å². The van der Waals surface area contributed by atoms with Crippen molar-refractivity contribution in [3.63, 3.8) is 0 Å². The summed E-state index contributed by atoms with van der Waals surface area (Å²) in [6, 6.07) is 0. The van der Waals surface area contributed by atoms with Gasteiger partial charge in [-0.2, -0.15) is 0 Å². The molecule has 0 aliphatic heterocycles. The summed E-state index contributed by atoms with van der Waals surface area (Å²) in [5, 5.41) is 8.79. The van der Waals surface area contributed by atoms with E-state index in [1.54, 1.807) is 4.90 Å². The third kappa shape index (κ3) is 5.21. The summed E-state index contributed by atoms with van der Waals surface area (Å²) in [6.45, 7) is 3.41. The van der Waals surface area contributed by atoms with Crippen molar-refractivity contribution in [1.29, 1.82) is 0 Å². The zero-order valence-corrected chi connectivity index (χ0v) is 11.3. The minimum Gasteiger partial charge on any atom is -0.396 e. The first-order valence-electron chi connectivity index (χ1n) is 6.63. The van der Waals surface area contributed by atoms with E-state index in [9.17, 15) is 9.59 Å². The van der Waals surface area contributed by atoms with Crippen LogP contribution >= 0.6 is 0 Å². The van der Waals surface area contributed by atoms with Crippen LogP contribution in [0.5, 0.6) is 0 Å². The first-order valence-corrected chi connectivity index (χ1v) is 6.63. The van der Waals surface area contributed by atoms with E-state index >= 15 is 0 Å². The maximum Gasteiger partial charge on any atom is 0.271 e. The van der Waals surface area contributed by atoms with Crippen LogP contribution in [-0.2, 0) is 0 Å². The Morgan fingerprint density at radius 2 is 2.05 bits per heavy atom. The highest BCUT2D eigenvalue weighted by atomic mass is 16.3. The molecule has 6 heteroatoms. The van der Waals surface area contributed by atoms with Crippen molar-refractivity contribution in [2.75, 3.05) is 19.7 Å². The first kappa shape index (κ1) is 15.4. The minimum atomic E-state index is -0.378. The molecule has 1 aromatic rings. The standard InChI is InChI=1S/C13H21N3O3/c1-2-3-6-16(7-4-5-8-17)13(19)11-9-14-10-12(18)15-11/h9-10,17H,2-8H2,1H3,(H,15,18). The van der Waals surface area contributed by atoms with Gasteiger partial charge in [0, 0.05) is 19.7 Å². The second-order valence-corrected chi connectivity index (χ2v) is 4.39. The number of unbranched alkanes of at least 4 members (excludes halogenated alkanes) is 2. The van der Waals surface area contributed by atoms with Gasteiger partial charge in [0.2, 0.25) is 0 Å². The molecule has 0 aliphatic rings. The van der Waals surface area contributed by atoms with E-state index in [1.165, 1.54) is 6.20 Å². The van der Waals surface area contributed by atoms with Gasteiger partial charge in [-0.15, -0.1) is 0 Å². The van der Waals surface area contributed by atoms with E-state index in [4.69, 9.17) is 5.11 Å². The van der Waals surface area contributed by atoms with Crippen LogP contribution in [0.25, 0.3) is 0 Å². The molecule has 106 valence electrons. The van der Waals surface area contributed by atoms with E-state index in [1.807, 2.05) is 0 Å². The highest BCUT2D eigenvalue weighted by molar-refractivity contribution is 5.91. The van der Waals surface area contributed by atoms with Gasteiger partial charge in [0.15, 0.2) is 0 Å². The van der Waals surface area contributed by atoms with Crippen LogP contribution in [0.3, 0.4) is 0 Å². The third-order valence-electron chi connectivity index (χ3n) is 2.79. The van der Waals surface area contributed by atoms with Crippen molar-refractivity contribution in [1.82, 2.24) is 14.9 Å². The number of hydrogen-bond donors (Lipinski definition) is 2. The molecule has 2 N–H and O–H groups in total. The first-order chi connectivity index (χ1) is 9.19. The largest absolute Gasteiger partial charge is 0.396 e. The maximum atomic E-state index is 12.3. The molecule has 1 rings (SSSR count). The van der Waals surface area contributed by atoms with Gasteiger partial charge in [-0.25, -0.2) is 0 Å². The molecule has 0 spiro atoms. The average molecular weight is 267 g/mol. The Bertz CT molecular complexity index is 445. The number of nitrogens with zero attached hydrogens (tertiary/aromatic N) is 2. The predicted octanol–water partition coefficient (Wildman–Crippen LogP) is 0.785. The van der Waals surface area contributed by atoms with Crippen LogP contribution in [0.2, 0.25) is 0 Å². The lowest BCUT2D eigenvalue weighted by atomic mass is 10.2. The lowest BCUT2D eigenvalue weighted by molar-refractivity contribution is 0.0740. The number of rotatable bonds is 8. The van der Waals surface area contributed by atoms with Crippen LogP contribution < -0.4 is 5.56 Å². The molecular weight excluding hydrogens is 246 g/mol.